The molecule has 6 heteroatoms. The molecule has 0 saturated heterocycles. The van der Waals surface area contributed by atoms with Crippen molar-refractivity contribution in [2.24, 2.45) is 0 Å². The topological polar surface area (TPSA) is 85.9 Å². The Balaban J connectivity index is 3.32. The van der Waals surface area contributed by atoms with E-state index in [9.17, 15) is 8.42 Å². The first-order valence-electron chi connectivity index (χ1n) is 5.09. The van der Waals surface area contributed by atoms with Crippen LogP contribution in [0.3, 0.4) is 0 Å². The van der Waals surface area contributed by atoms with Crippen molar-refractivity contribution in [1.29, 1.82) is 0 Å². The minimum absolute atomic E-state index is 0.280. The number of anilines is 1. The number of nitrogens with zero attached hydrogens (tertiary/aromatic N) is 2. The first kappa shape index (κ1) is 12.9. The average Bonchev–Trinajstić information content (AvgIpc) is 2.19. The second-order valence-corrected chi connectivity index (χ2v) is 6.23. The summed E-state index contributed by atoms with van der Waals surface area (Å²) in [5, 5.41) is -0.722. The Morgan fingerprint density at radius 3 is 2.38 bits per heavy atom. The van der Waals surface area contributed by atoms with Crippen molar-refractivity contribution in [2.75, 3.05) is 12.0 Å². The third kappa shape index (κ3) is 2.49. The monoisotopic (exact) mass is 243 g/mol. The van der Waals surface area contributed by atoms with Crippen LogP contribution in [-0.2, 0) is 16.3 Å². The number of aryl methyl sites for hydroxylation is 1. The highest BCUT2D eigenvalue weighted by molar-refractivity contribution is 7.90. The quantitative estimate of drug-likeness (QED) is 0.857. The number of sulfone groups is 1. The van der Waals surface area contributed by atoms with Crippen molar-refractivity contribution in [3.8, 4) is 0 Å². The molecular formula is C10H17N3O2S. The molecule has 1 rings (SSSR count). The lowest BCUT2D eigenvalue weighted by molar-refractivity contribution is 0.589. The SMILES string of the molecule is CCc1nc(C(C)S(C)(=O)=O)nc(N)c1C. The third-order valence-corrected chi connectivity index (χ3v) is 4.14. The van der Waals surface area contributed by atoms with E-state index < -0.39 is 15.1 Å². The van der Waals surface area contributed by atoms with Crippen molar-refractivity contribution < 1.29 is 8.42 Å². The summed E-state index contributed by atoms with van der Waals surface area (Å²) in [6.45, 7) is 5.35. The number of rotatable bonds is 3. The van der Waals surface area contributed by atoms with Crippen molar-refractivity contribution in [2.45, 2.75) is 32.4 Å². The van der Waals surface area contributed by atoms with Gasteiger partial charge in [0.25, 0.3) is 0 Å². The Labute approximate surface area is 96.0 Å². The van der Waals surface area contributed by atoms with E-state index in [0.29, 0.717) is 12.2 Å². The fourth-order valence-corrected chi connectivity index (χ4v) is 1.81. The number of nitrogens with two attached hydrogens (primary N) is 1. The molecule has 0 aromatic carbocycles. The van der Waals surface area contributed by atoms with Crippen LogP contribution < -0.4 is 5.73 Å². The van der Waals surface area contributed by atoms with Gasteiger partial charge in [0.05, 0.1) is 0 Å². The van der Waals surface area contributed by atoms with Gasteiger partial charge < -0.3 is 5.73 Å². The maximum atomic E-state index is 11.4. The van der Waals surface area contributed by atoms with Gasteiger partial charge in [0, 0.05) is 17.5 Å². The van der Waals surface area contributed by atoms with E-state index in [1.807, 2.05) is 13.8 Å². The molecular weight excluding hydrogens is 226 g/mol. The summed E-state index contributed by atoms with van der Waals surface area (Å²) >= 11 is 0. The van der Waals surface area contributed by atoms with Crippen LogP contribution in [0.4, 0.5) is 5.82 Å². The third-order valence-electron chi connectivity index (χ3n) is 2.64. The van der Waals surface area contributed by atoms with Crippen LogP contribution in [-0.4, -0.2) is 24.6 Å². The zero-order valence-electron chi connectivity index (χ0n) is 9.98. The van der Waals surface area contributed by atoms with Gasteiger partial charge in [0.2, 0.25) is 0 Å². The van der Waals surface area contributed by atoms with Crippen molar-refractivity contribution in [3.63, 3.8) is 0 Å². The molecule has 1 aromatic heterocycles. The highest BCUT2D eigenvalue weighted by atomic mass is 32.2. The molecule has 1 heterocycles. The first-order chi connectivity index (χ1) is 7.27. The van der Waals surface area contributed by atoms with E-state index in [4.69, 9.17) is 5.73 Å². The Morgan fingerprint density at radius 2 is 1.94 bits per heavy atom. The van der Waals surface area contributed by atoms with Gasteiger partial charge in [-0.05, 0) is 20.3 Å². The zero-order valence-corrected chi connectivity index (χ0v) is 10.8. The molecule has 1 unspecified atom stereocenters. The van der Waals surface area contributed by atoms with Gasteiger partial charge in [0.1, 0.15) is 16.9 Å². The van der Waals surface area contributed by atoms with Crippen LogP contribution in [0.15, 0.2) is 0 Å². The highest BCUT2D eigenvalue weighted by Gasteiger charge is 2.21. The van der Waals surface area contributed by atoms with Gasteiger partial charge in [-0.1, -0.05) is 6.92 Å². The van der Waals surface area contributed by atoms with E-state index >= 15 is 0 Å². The molecule has 0 fully saturated rings. The molecule has 0 aliphatic carbocycles. The Hall–Kier alpha value is -1.17. The lowest BCUT2D eigenvalue weighted by Gasteiger charge is -2.12. The lowest BCUT2D eigenvalue weighted by Crippen LogP contribution is -2.15. The van der Waals surface area contributed by atoms with Gasteiger partial charge in [-0.3, -0.25) is 0 Å². The smallest absolute Gasteiger partial charge is 0.157 e. The molecule has 5 nitrogen and oxygen atoms in total. The Bertz CT molecular complexity index is 497. The molecule has 16 heavy (non-hydrogen) atoms. The second kappa shape index (κ2) is 4.37. The summed E-state index contributed by atoms with van der Waals surface area (Å²) in [6.07, 6.45) is 1.88. The van der Waals surface area contributed by atoms with Crippen molar-refractivity contribution in [1.82, 2.24) is 9.97 Å². The standard InChI is InChI=1S/C10H17N3O2S/c1-5-8-6(2)9(11)13-10(12-8)7(3)16(4,14)15/h7H,5H2,1-4H3,(H2,11,12,13). The van der Waals surface area contributed by atoms with Crippen LogP contribution in [0.5, 0.6) is 0 Å². The number of aromatic nitrogens is 2. The predicted molar refractivity (Wildman–Crippen MR) is 63.8 cm³/mol. The van der Waals surface area contributed by atoms with E-state index in [1.54, 1.807) is 6.92 Å². The van der Waals surface area contributed by atoms with Gasteiger partial charge in [-0.25, -0.2) is 18.4 Å². The Kier molecular flexibility index (Phi) is 3.52. The van der Waals surface area contributed by atoms with Crippen molar-refractivity contribution in [3.05, 3.63) is 17.1 Å². The summed E-state index contributed by atoms with van der Waals surface area (Å²) in [7, 11) is -3.19. The summed E-state index contributed by atoms with van der Waals surface area (Å²) in [6, 6.07) is 0. The maximum absolute atomic E-state index is 11.4. The maximum Gasteiger partial charge on any atom is 0.157 e. The van der Waals surface area contributed by atoms with E-state index in [-0.39, 0.29) is 5.82 Å². The second-order valence-electron chi connectivity index (χ2n) is 3.86. The molecule has 0 saturated carbocycles. The molecule has 0 spiro atoms. The van der Waals surface area contributed by atoms with Gasteiger partial charge in [-0.2, -0.15) is 0 Å². The fourth-order valence-electron chi connectivity index (χ4n) is 1.32. The highest BCUT2D eigenvalue weighted by Crippen LogP contribution is 2.21. The summed E-state index contributed by atoms with van der Waals surface area (Å²) in [5.74, 6) is 0.639. The van der Waals surface area contributed by atoms with E-state index in [0.717, 1.165) is 11.3 Å². The molecule has 90 valence electrons. The molecule has 1 aromatic rings. The minimum atomic E-state index is -3.19. The number of hydrogen-bond acceptors (Lipinski definition) is 5. The van der Waals surface area contributed by atoms with E-state index in [1.165, 1.54) is 6.26 Å². The minimum Gasteiger partial charge on any atom is -0.383 e. The van der Waals surface area contributed by atoms with Crippen LogP contribution in [0, 0.1) is 6.92 Å². The molecule has 0 aliphatic heterocycles. The summed E-state index contributed by atoms with van der Waals surface area (Å²) in [5.41, 5.74) is 7.36. The zero-order chi connectivity index (χ0) is 12.5. The van der Waals surface area contributed by atoms with Gasteiger partial charge in [0.15, 0.2) is 9.84 Å². The molecule has 2 N–H and O–H groups in total. The molecule has 0 bridgehead atoms. The Morgan fingerprint density at radius 1 is 1.38 bits per heavy atom. The van der Waals surface area contributed by atoms with Crippen LogP contribution in [0.2, 0.25) is 0 Å². The summed E-state index contributed by atoms with van der Waals surface area (Å²) < 4.78 is 22.8. The van der Waals surface area contributed by atoms with Gasteiger partial charge in [-0.15, -0.1) is 0 Å². The predicted octanol–water partition coefficient (Wildman–Crippen LogP) is 1.04. The normalized spacial score (nSPS) is 13.8. The molecule has 0 amide bonds. The first-order valence-corrected chi connectivity index (χ1v) is 7.04. The van der Waals surface area contributed by atoms with Crippen LogP contribution in [0.25, 0.3) is 0 Å². The molecule has 1 atom stereocenters. The van der Waals surface area contributed by atoms with Crippen LogP contribution in [0.1, 0.15) is 36.2 Å². The lowest BCUT2D eigenvalue weighted by atomic mass is 10.2. The fraction of sp³-hybridized carbons (Fsp3) is 0.600. The van der Waals surface area contributed by atoms with Crippen molar-refractivity contribution >= 4 is 15.7 Å². The number of hydrogen-bond donors (Lipinski definition) is 1. The van der Waals surface area contributed by atoms with Gasteiger partial charge >= 0.3 is 0 Å². The largest absolute Gasteiger partial charge is 0.383 e. The molecule has 0 aliphatic rings. The average molecular weight is 243 g/mol. The van der Waals surface area contributed by atoms with E-state index in [2.05, 4.69) is 9.97 Å². The number of nitrogen functional groups attached to an aromatic ring is 1. The molecule has 0 radical (unpaired) electrons. The summed E-state index contributed by atoms with van der Waals surface area (Å²) in [4.78, 5) is 8.28. The van der Waals surface area contributed by atoms with Crippen LogP contribution >= 0.6 is 0 Å².